The van der Waals surface area contributed by atoms with Crippen LogP contribution in [0.3, 0.4) is 0 Å². The first-order chi connectivity index (χ1) is 11.5. The Kier molecular flexibility index (Phi) is 4.82. The number of halogens is 2. The monoisotopic (exact) mass is 360 g/mol. The molecule has 1 saturated heterocycles. The van der Waals surface area contributed by atoms with Crippen LogP contribution in [0.1, 0.15) is 11.1 Å². The highest BCUT2D eigenvalue weighted by Crippen LogP contribution is 2.32. The second-order valence-corrected chi connectivity index (χ2v) is 6.52. The summed E-state index contributed by atoms with van der Waals surface area (Å²) in [5.74, 6) is -1.05. The minimum Gasteiger partial charge on any atom is -0.266 e. The highest BCUT2D eigenvalue weighted by Gasteiger charge is 2.31. The molecule has 0 spiro atoms. The Morgan fingerprint density at radius 2 is 1.50 bits per heavy atom. The molecule has 24 heavy (non-hydrogen) atoms. The van der Waals surface area contributed by atoms with Crippen molar-refractivity contribution in [2.75, 3.05) is 0 Å². The van der Waals surface area contributed by atoms with Crippen molar-refractivity contribution >= 4 is 46.5 Å². The Hall–Kier alpha value is -2.38. The molecule has 0 atom stereocenters. The Morgan fingerprint density at radius 3 is 2.08 bits per heavy atom. The third-order valence-electron chi connectivity index (χ3n) is 3.13. The molecule has 3 rings (SSSR count). The molecule has 2 aromatic carbocycles. The van der Waals surface area contributed by atoms with Gasteiger partial charge in [-0.25, -0.2) is 8.78 Å². The molecule has 0 unspecified atom stereocenters. The van der Waals surface area contributed by atoms with Gasteiger partial charge in [0.2, 0.25) is 0 Å². The topological polar surface area (TPSA) is 32.7 Å². The predicted octanol–water partition coefficient (Wildman–Crippen LogP) is 4.20. The molecular weight excluding hydrogens is 350 g/mol. The summed E-state index contributed by atoms with van der Waals surface area (Å²) in [6.07, 6.45) is 3.07. The molecule has 1 fully saturated rings. The van der Waals surface area contributed by atoms with Gasteiger partial charge in [0.1, 0.15) is 11.6 Å². The van der Waals surface area contributed by atoms with Crippen molar-refractivity contribution < 1.29 is 13.6 Å². The van der Waals surface area contributed by atoms with E-state index in [0.29, 0.717) is 20.4 Å². The van der Waals surface area contributed by atoms with Gasteiger partial charge >= 0.3 is 0 Å². The van der Waals surface area contributed by atoms with Crippen LogP contribution in [0.2, 0.25) is 0 Å². The summed E-state index contributed by atoms with van der Waals surface area (Å²) in [7, 11) is 0. The molecule has 1 aliphatic rings. The normalized spacial score (nSPS) is 16.6. The van der Waals surface area contributed by atoms with Crippen LogP contribution in [0.25, 0.3) is 6.08 Å². The quantitative estimate of drug-likeness (QED) is 0.467. The van der Waals surface area contributed by atoms with Gasteiger partial charge in [0.15, 0.2) is 4.32 Å². The largest absolute Gasteiger partial charge is 0.286 e. The van der Waals surface area contributed by atoms with Gasteiger partial charge in [-0.15, -0.1) is 0 Å². The summed E-state index contributed by atoms with van der Waals surface area (Å²) < 4.78 is 26.1. The molecule has 1 heterocycles. The maximum Gasteiger partial charge on any atom is 0.286 e. The maximum atomic E-state index is 12.9. The third kappa shape index (κ3) is 3.74. The summed E-state index contributed by atoms with van der Waals surface area (Å²) in [6, 6.07) is 11.5. The number of carbonyl (C=O) groups is 1. The zero-order valence-corrected chi connectivity index (χ0v) is 13.8. The van der Waals surface area contributed by atoms with Crippen molar-refractivity contribution in [3.05, 3.63) is 76.2 Å². The maximum absolute atomic E-state index is 12.9. The zero-order valence-electron chi connectivity index (χ0n) is 12.1. The van der Waals surface area contributed by atoms with E-state index >= 15 is 0 Å². The van der Waals surface area contributed by atoms with Gasteiger partial charge in [-0.05, 0) is 53.7 Å². The molecule has 0 saturated carbocycles. The van der Waals surface area contributed by atoms with Crippen molar-refractivity contribution in [2.24, 2.45) is 5.10 Å². The van der Waals surface area contributed by atoms with E-state index in [2.05, 4.69) is 5.10 Å². The van der Waals surface area contributed by atoms with Gasteiger partial charge in [-0.3, -0.25) is 4.79 Å². The number of benzene rings is 2. The van der Waals surface area contributed by atoms with E-state index in [-0.39, 0.29) is 17.5 Å². The number of hydrogen-bond acceptors (Lipinski definition) is 4. The number of thiocarbonyl (C=S) groups is 1. The summed E-state index contributed by atoms with van der Waals surface area (Å²) >= 11 is 6.28. The molecule has 0 radical (unpaired) electrons. The molecule has 7 heteroatoms. The fourth-order valence-corrected chi connectivity index (χ4v) is 3.12. The van der Waals surface area contributed by atoms with Gasteiger partial charge in [-0.1, -0.05) is 36.0 Å². The van der Waals surface area contributed by atoms with E-state index in [1.54, 1.807) is 30.3 Å². The van der Waals surface area contributed by atoms with Crippen molar-refractivity contribution in [2.45, 2.75) is 0 Å². The first-order valence-corrected chi connectivity index (χ1v) is 8.08. The van der Waals surface area contributed by atoms with Crippen LogP contribution in [0.5, 0.6) is 0 Å². The van der Waals surface area contributed by atoms with Crippen molar-refractivity contribution in [3.8, 4) is 0 Å². The van der Waals surface area contributed by atoms with Crippen molar-refractivity contribution in [1.82, 2.24) is 5.01 Å². The lowest BCUT2D eigenvalue weighted by Gasteiger charge is -2.05. The summed E-state index contributed by atoms with van der Waals surface area (Å²) in [4.78, 5) is 12.8. The molecule has 0 N–H and O–H groups in total. The molecule has 1 aliphatic heterocycles. The fourth-order valence-electron chi connectivity index (χ4n) is 1.94. The lowest BCUT2D eigenvalue weighted by molar-refractivity contribution is -0.122. The highest BCUT2D eigenvalue weighted by atomic mass is 32.2. The molecule has 120 valence electrons. The first-order valence-electron chi connectivity index (χ1n) is 6.86. The van der Waals surface area contributed by atoms with Crippen LogP contribution in [0.4, 0.5) is 8.78 Å². The molecule has 0 aliphatic carbocycles. The van der Waals surface area contributed by atoms with Crippen molar-refractivity contribution in [3.63, 3.8) is 0 Å². The molecule has 0 bridgehead atoms. The molecule has 3 nitrogen and oxygen atoms in total. The van der Waals surface area contributed by atoms with Crippen LogP contribution >= 0.6 is 24.0 Å². The van der Waals surface area contributed by atoms with Crippen LogP contribution in [0, 0.1) is 11.6 Å². The van der Waals surface area contributed by atoms with Crippen LogP contribution in [0.15, 0.2) is 58.5 Å². The minimum atomic E-state index is -0.354. The average molecular weight is 360 g/mol. The number of hydrogen-bond donors (Lipinski definition) is 0. The van der Waals surface area contributed by atoms with E-state index in [1.165, 1.54) is 30.5 Å². The van der Waals surface area contributed by atoms with E-state index in [9.17, 15) is 13.6 Å². The number of hydrazone groups is 1. The summed E-state index contributed by atoms with van der Waals surface area (Å²) in [5.41, 5.74) is 1.34. The molecule has 2 aromatic rings. The fraction of sp³-hybridized carbons (Fsp3) is 0. The van der Waals surface area contributed by atoms with E-state index < -0.39 is 0 Å². The van der Waals surface area contributed by atoms with Crippen LogP contribution < -0.4 is 0 Å². The van der Waals surface area contributed by atoms with E-state index in [4.69, 9.17) is 12.2 Å². The highest BCUT2D eigenvalue weighted by molar-refractivity contribution is 8.26. The Bertz CT molecular complexity index is 846. The third-order valence-corrected chi connectivity index (χ3v) is 4.42. The SMILES string of the molecule is O=C1/C(=C/c2ccc(F)cc2)SC(=S)N1/N=C\c1ccc(F)cc1. The number of amides is 1. The number of carbonyl (C=O) groups excluding carboxylic acids is 1. The van der Waals surface area contributed by atoms with E-state index in [1.807, 2.05) is 0 Å². The van der Waals surface area contributed by atoms with Crippen LogP contribution in [-0.4, -0.2) is 21.5 Å². The number of thioether (sulfide) groups is 1. The first kappa shape index (κ1) is 16.5. The lowest BCUT2D eigenvalue weighted by atomic mass is 10.2. The Balaban J connectivity index is 1.78. The van der Waals surface area contributed by atoms with Gasteiger partial charge in [0.05, 0.1) is 11.1 Å². The minimum absolute atomic E-state index is 0.298. The zero-order chi connectivity index (χ0) is 17.1. The molecule has 1 amide bonds. The van der Waals surface area contributed by atoms with Gasteiger partial charge in [-0.2, -0.15) is 10.1 Å². The lowest BCUT2D eigenvalue weighted by Crippen LogP contribution is -2.22. The number of rotatable bonds is 3. The summed E-state index contributed by atoms with van der Waals surface area (Å²) in [6.45, 7) is 0. The molecular formula is C17H10F2N2OS2. The van der Waals surface area contributed by atoms with Gasteiger partial charge < -0.3 is 0 Å². The molecule has 0 aromatic heterocycles. The Labute approximate surface area is 146 Å². The second kappa shape index (κ2) is 7.02. The van der Waals surface area contributed by atoms with Crippen molar-refractivity contribution in [1.29, 1.82) is 0 Å². The van der Waals surface area contributed by atoms with Crippen LogP contribution in [-0.2, 0) is 4.79 Å². The summed E-state index contributed by atoms with van der Waals surface area (Å²) in [5, 5.41) is 5.17. The average Bonchev–Trinajstić information content (AvgIpc) is 2.83. The standard InChI is InChI=1S/C17H10F2N2OS2/c18-13-5-1-11(2-6-13)9-15-16(22)21(17(23)24-15)20-10-12-3-7-14(19)8-4-12/h1-10H/b15-9-,20-10-. The Morgan fingerprint density at radius 1 is 0.958 bits per heavy atom. The predicted molar refractivity (Wildman–Crippen MR) is 95.4 cm³/mol. The second-order valence-electron chi connectivity index (χ2n) is 4.84. The van der Waals surface area contributed by atoms with E-state index in [0.717, 1.165) is 16.8 Å². The smallest absolute Gasteiger partial charge is 0.266 e. The van der Waals surface area contributed by atoms with Gasteiger partial charge in [0, 0.05) is 0 Å². The number of nitrogens with zero attached hydrogens (tertiary/aromatic N) is 2. The van der Waals surface area contributed by atoms with Gasteiger partial charge in [0.25, 0.3) is 5.91 Å².